The predicted molar refractivity (Wildman–Crippen MR) is 62.0 cm³/mol. The van der Waals surface area contributed by atoms with Crippen LogP contribution in [0.15, 0.2) is 17.2 Å². The number of hydrogen-bond acceptors (Lipinski definition) is 4. The highest BCUT2D eigenvalue weighted by molar-refractivity contribution is 7.89. The van der Waals surface area contributed by atoms with Crippen LogP contribution < -0.4 is 5.14 Å². The molecule has 7 heteroatoms. The van der Waals surface area contributed by atoms with Crippen LogP contribution in [0.1, 0.15) is 36.7 Å². The molecule has 0 saturated carbocycles. The maximum Gasteiger partial charge on any atom is 0.354 e. The molecule has 0 spiro atoms. The summed E-state index contributed by atoms with van der Waals surface area (Å²) in [6, 6.07) is 1.16. The average molecular weight is 260 g/mol. The Morgan fingerprint density at radius 1 is 1.47 bits per heavy atom. The molecule has 0 bridgehead atoms. The molecular formula is C10H16N2O4S. The first-order chi connectivity index (χ1) is 7.95. The normalized spacial score (nSPS) is 11.4. The summed E-state index contributed by atoms with van der Waals surface area (Å²) in [6.45, 7) is 2.38. The molecule has 0 radical (unpaired) electrons. The van der Waals surface area contributed by atoms with Gasteiger partial charge in [0.15, 0.2) is 0 Å². The number of esters is 1. The molecule has 17 heavy (non-hydrogen) atoms. The SMILES string of the molecule is CCCCCOC(=O)c1cc(S(N)(=O)=O)c[nH]1. The summed E-state index contributed by atoms with van der Waals surface area (Å²) in [5, 5.41) is 4.91. The molecule has 0 unspecified atom stereocenters. The molecule has 0 aliphatic carbocycles. The second kappa shape index (κ2) is 5.83. The number of ether oxygens (including phenoxy) is 1. The summed E-state index contributed by atoms with van der Waals surface area (Å²) in [6.07, 6.45) is 3.99. The summed E-state index contributed by atoms with van der Waals surface area (Å²) in [4.78, 5) is 13.9. The lowest BCUT2D eigenvalue weighted by atomic mass is 10.3. The average Bonchev–Trinajstić information content (AvgIpc) is 2.72. The van der Waals surface area contributed by atoms with Crippen molar-refractivity contribution in [2.24, 2.45) is 5.14 Å². The second-order valence-electron chi connectivity index (χ2n) is 3.64. The smallest absolute Gasteiger partial charge is 0.354 e. The first-order valence-corrected chi connectivity index (χ1v) is 6.88. The van der Waals surface area contributed by atoms with Crippen LogP contribution in [-0.4, -0.2) is 26.0 Å². The molecule has 0 amide bonds. The number of rotatable bonds is 6. The predicted octanol–water partition coefficient (Wildman–Crippen LogP) is 1.01. The molecular weight excluding hydrogens is 244 g/mol. The number of nitrogens with two attached hydrogens (primary N) is 1. The van der Waals surface area contributed by atoms with E-state index in [1.807, 2.05) is 6.92 Å². The van der Waals surface area contributed by atoms with E-state index in [4.69, 9.17) is 9.88 Å². The number of sulfonamides is 1. The van der Waals surface area contributed by atoms with Gasteiger partial charge >= 0.3 is 5.97 Å². The van der Waals surface area contributed by atoms with Gasteiger partial charge in [-0.3, -0.25) is 0 Å². The van der Waals surface area contributed by atoms with Crippen molar-refractivity contribution >= 4 is 16.0 Å². The minimum atomic E-state index is -3.78. The van der Waals surface area contributed by atoms with Gasteiger partial charge in [-0.15, -0.1) is 0 Å². The summed E-state index contributed by atoms with van der Waals surface area (Å²) in [5.41, 5.74) is 0.0884. The third-order valence-electron chi connectivity index (χ3n) is 2.19. The molecule has 0 aromatic carbocycles. The van der Waals surface area contributed by atoms with E-state index in [-0.39, 0.29) is 10.6 Å². The lowest BCUT2D eigenvalue weighted by Crippen LogP contribution is -2.11. The topological polar surface area (TPSA) is 102 Å². The van der Waals surface area contributed by atoms with Gasteiger partial charge < -0.3 is 9.72 Å². The van der Waals surface area contributed by atoms with E-state index in [1.165, 1.54) is 0 Å². The third kappa shape index (κ3) is 4.20. The van der Waals surface area contributed by atoms with Crippen molar-refractivity contribution in [3.63, 3.8) is 0 Å². The molecule has 0 aliphatic rings. The van der Waals surface area contributed by atoms with Crippen molar-refractivity contribution < 1.29 is 17.9 Å². The number of hydrogen-bond donors (Lipinski definition) is 2. The van der Waals surface area contributed by atoms with Crippen LogP contribution in [0.5, 0.6) is 0 Å². The Balaban J connectivity index is 2.56. The molecule has 1 aromatic heterocycles. The zero-order valence-electron chi connectivity index (χ0n) is 9.60. The summed E-state index contributed by atoms with van der Waals surface area (Å²) in [5.74, 6) is -0.573. The Bertz CT molecular complexity index is 478. The van der Waals surface area contributed by atoms with Crippen molar-refractivity contribution in [3.8, 4) is 0 Å². The van der Waals surface area contributed by atoms with Gasteiger partial charge in [-0.05, 0) is 12.5 Å². The Labute approximate surface area is 100 Å². The second-order valence-corrected chi connectivity index (χ2v) is 5.20. The number of H-pyrrole nitrogens is 1. The van der Waals surface area contributed by atoms with Gasteiger partial charge in [-0.25, -0.2) is 18.4 Å². The monoisotopic (exact) mass is 260 g/mol. The first-order valence-electron chi connectivity index (χ1n) is 5.33. The highest BCUT2D eigenvalue weighted by Crippen LogP contribution is 2.09. The van der Waals surface area contributed by atoms with Gasteiger partial charge in [-0.1, -0.05) is 19.8 Å². The van der Waals surface area contributed by atoms with E-state index in [0.717, 1.165) is 31.5 Å². The maximum atomic E-state index is 11.5. The molecule has 1 rings (SSSR count). The molecule has 0 saturated heterocycles. The molecule has 1 heterocycles. The van der Waals surface area contributed by atoms with Crippen molar-refractivity contribution in [2.45, 2.75) is 31.1 Å². The van der Waals surface area contributed by atoms with Crippen LogP contribution in [-0.2, 0) is 14.8 Å². The Morgan fingerprint density at radius 3 is 2.71 bits per heavy atom. The van der Waals surface area contributed by atoms with Crippen LogP contribution in [0.3, 0.4) is 0 Å². The lowest BCUT2D eigenvalue weighted by molar-refractivity contribution is 0.0492. The first kappa shape index (κ1) is 13.7. The van der Waals surface area contributed by atoms with Crippen LogP contribution in [0.4, 0.5) is 0 Å². The standard InChI is InChI=1S/C10H16N2O4S/c1-2-3-4-5-16-10(13)9-6-8(7-12-9)17(11,14)15/h6-7,12H,2-5H2,1H3,(H2,11,14,15). The fourth-order valence-corrected chi connectivity index (χ4v) is 1.76. The zero-order chi connectivity index (χ0) is 12.9. The van der Waals surface area contributed by atoms with Crippen LogP contribution in [0, 0.1) is 0 Å². The number of aromatic amines is 1. The largest absolute Gasteiger partial charge is 0.461 e. The van der Waals surface area contributed by atoms with Gasteiger partial charge in [0.05, 0.1) is 6.61 Å². The van der Waals surface area contributed by atoms with Gasteiger partial charge in [0.2, 0.25) is 10.0 Å². The van der Waals surface area contributed by atoms with E-state index in [2.05, 4.69) is 4.98 Å². The lowest BCUT2D eigenvalue weighted by Gasteiger charge is -2.01. The zero-order valence-corrected chi connectivity index (χ0v) is 10.4. The van der Waals surface area contributed by atoms with E-state index in [1.54, 1.807) is 0 Å². The van der Waals surface area contributed by atoms with E-state index < -0.39 is 16.0 Å². The highest BCUT2D eigenvalue weighted by atomic mass is 32.2. The molecule has 0 fully saturated rings. The van der Waals surface area contributed by atoms with Crippen molar-refractivity contribution in [1.82, 2.24) is 4.98 Å². The summed E-state index contributed by atoms with van der Waals surface area (Å²) >= 11 is 0. The minimum absolute atomic E-state index is 0.0884. The molecule has 96 valence electrons. The van der Waals surface area contributed by atoms with E-state index in [0.29, 0.717) is 6.61 Å². The quantitative estimate of drug-likeness (QED) is 0.588. The Hall–Kier alpha value is -1.34. The van der Waals surface area contributed by atoms with Gasteiger partial charge in [-0.2, -0.15) is 0 Å². The van der Waals surface area contributed by atoms with Crippen molar-refractivity contribution in [3.05, 3.63) is 18.0 Å². The molecule has 0 atom stereocenters. The number of aromatic nitrogens is 1. The van der Waals surface area contributed by atoms with E-state index >= 15 is 0 Å². The van der Waals surface area contributed by atoms with Crippen molar-refractivity contribution in [2.75, 3.05) is 6.61 Å². The van der Waals surface area contributed by atoms with Crippen LogP contribution in [0.2, 0.25) is 0 Å². The molecule has 6 nitrogen and oxygen atoms in total. The number of primary sulfonamides is 1. The Kier molecular flexibility index (Phi) is 4.71. The van der Waals surface area contributed by atoms with Crippen molar-refractivity contribution in [1.29, 1.82) is 0 Å². The number of carbonyl (C=O) groups is 1. The van der Waals surface area contributed by atoms with Gasteiger partial charge in [0.25, 0.3) is 0 Å². The third-order valence-corrected chi connectivity index (χ3v) is 3.08. The fourth-order valence-electron chi connectivity index (χ4n) is 1.25. The number of unbranched alkanes of at least 4 members (excludes halogenated alkanes) is 2. The maximum absolute atomic E-state index is 11.5. The van der Waals surface area contributed by atoms with E-state index in [9.17, 15) is 13.2 Å². The molecule has 3 N–H and O–H groups in total. The van der Waals surface area contributed by atoms with Gasteiger partial charge in [0.1, 0.15) is 10.6 Å². The summed E-state index contributed by atoms with van der Waals surface area (Å²) in [7, 11) is -3.78. The Morgan fingerprint density at radius 2 is 2.18 bits per heavy atom. The van der Waals surface area contributed by atoms with Crippen LogP contribution in [0.25, 0.3) is 0 Å². The molecule has 0 aliphatic heterocycles. The summed E-state index contributed by atoms with van der Waals surface area (Å²) < 4.78 is 26.9. The fraction of sp³-hybridized carbons (Fsp3) is 0.500. The minimum Gasteiger partial charge on any atom is -0.461 e. The number of nitrogens with one attached hydrogen (secondary N) is 1. The molecule has 1 aromatic rings. The van der Waals surface area contributed by atoms with Crippen LogP contribution >= 0.6 is 0 Å². The van der Waals surface area contributed by atoms with Gasteiger partial charge in [0, 0.05) is 6.20 Å². The highest BCUT2D eigenvalue weighted by Gasteiger charge is 2.15. The number of carbonyl (C=O) groups excluding carboxylic acids is 1.